The molecule has 0 saturated carbocycles. The molecule has 10 heteroatoms. The van der Waals surface area contributed by atoms with E-state index in [1.54, 1.807) is 62.4 Å². The Hall–Kier alpha value is -4.60. The number of carbonyl (C=O) groups excluding carboxylic acids is 4. The van der Waals surface area contributed by atoms with Crippen LogP contribution in [0.25, 0.3) is 0 Å². The third kappa shape index (κ3) is 10.3. The molecule has 0 amide bonds. The van der Waals surface area contributed by atoms with Crippen LogP contribution in [0.15, 0.2) is 72.8 Å². The Bertz CT molecular complexity index is 1110. The van der Waals surface area contributed by atoms with Gasteiger partial charge in [-0.05, 0) is 62.4 Å². The van der Waals surface area contributed by atoms with Crippen molar-refractivity contribution in [3.63, 3.8) is 0 Å². The van der Waals surface area contributed by atoms with Crippen molar-refractivity contribution in [2.45, 2.75) is 13.8 Å². The van der Waals surface area contributed by atoms with Crippen molar-refractivity contribution in [2.75, 3.05) is 63.4 Å². The van der Waals surface area contributed by atoms with Crippen LogP contribution in [0.2, 0.25) is 0 Å². The van der Waals surface area contributed by atoms with Crippen LogP contribution in [-0.2, 0) is 28.5 Å². The number of esters is 4. The van der Waals surface area contributed by atoms with Crippen molar-refractivity contribution in [1.29, 1.82) is 0 Å². The van der Waals surface area contributed by atoms with Gasteiger partial charge in [-0.25, -0.2) is 19.2 Å². The smallest absolute Gasteiger partial charge is 0.338 e. The van der Waals surface area contributed by atoms with E-state index in [-0.39, 0.29) is 26.4 Å². The lowest BCUT2D eigenvalue weighted by atomic mass is 10.2. The predicted molar refractivity (Wildman–Crippen MR) is 152 cm³/mol. The molecule has 0 radical (unpaired) electrons. The van der Waals surface area contributed by atoms with Crippen LogP contribution < -0.4 is 9.80 Å². The zero-order chi connectivity index (χ0) is 29.7. The van der Waals surface area contributed by atoms with E-state index in [1.807, 2.05) is 23.9 Å². The zero-order valence-electron chi connectivity index (χ0n) is 23.4. The van der Waals surface area contributed by atoms with E-state index in [0.29, 0.717) is 35.4 Å². The first-order valence-corrected chi connectivity index (χ1v) is 12.6. The predicted octanol–water partition coefficient (Wildman–Crippen LogP) is 3.81. The van der Waals surface area contributed by atoms with Crippen LogP contribution in [0.1, 0.15) is 34.6 Å². The summed E-state index contributed by atoms with van der Waals surface area (Å²) in [4.78, 5) is 51.3. The van der Waals surface area contributed by atoms with Crippen LogP contribution in [-0.4, -0.2) is 77.5 Å². The van der Waals surface area contributed by atoms with E-state index in [4.69, 9.17) is 18.9 Å². The molecule has 0 aliphatic heterocycles. The van der Waals surface area contributed by atoms with Gasteiger partial charge in [-0.15, -0.1) is 0 Å². The van der Waals surface area contributed by atoms with Crippen molar-refractivity contribution in [1.82, 2.24) is 0 Å². The molecule has 0 unspecified atom stereocenters. The Morgan fingerprint density at radius 2 is 0.900 bits per heavy atom. The second kappa shape index (κ2) is 15.7. The summed E-state index contributed by atoms with van der Waals surface area (Å²) in [6.07, 6.45) is 0. The topological polar surface area (TPSA) is 112 Å². The lowest BCUT2D eigenvalue weighted by molar-refractivity contribution is -0.139. The van der Waals surface area contributed by atoms with Gasteiger partial charge in [0.1, 0.15) is 26.4 Å². The fraction of sp³-hybridized carbons (Fsp3) is 0.333. The first-order valence-electron chi connectivity index (χ1n) is 12.6. The van der Waals surface area contributed by atoms with Crippen molar-refractivity contribution in [2.24, 2.45) is 0 Å². The molecule has 0 saturated heterocycles. The van der Waals surface area contributed by atoms with E-state index < -0.39 is 23.9 Å². The summed E-state index contributed by atoms with van der Waals surface area (Å²) < 4.78 is 20.6. The van der Waals surface area contributed by atoms with Crippen molar-refractivity contribution >= 4 is 35.3 Å². The van der Waals surface area contributed by atoms with Crippen molar-refractivity contribution in [3.8, 4) is 0 Å². The molecule has 10 nitrogen and oxygen atoms in total. The quantitative estimate of drug-likeness (QED) is 0.140. The van der Waals surface area contributed by atoms with Gasteiger partial charge >= 0.3 is 23.9 Å². The molecule has 0 atom stereocenters. The van der Waals surface area contributed by atoms with Gasteiger partial charge in [-0.1, -0.05) is 13.2 Å². The molecule has 40 heavy (non-hydrogen) atoms. The van der Waals surface area contributed by atoms with E-state index in [0.717, 1.165) is 11.4 Å². The minimum absolute atomic E-state index is 0.0932. The highest BCUT2D eigenvalue weighted by Gasteiger charge is 2.12. The molecule has 2 rings (SSSR count). The molecule has 0 heterocycles. The third-order valence-corrected chi connectivity index (χ3v) is 5.65. The van der Waals surface area contributed by atoms with Gasteiger partial charge in [0.15, 0.2) is 0 Å². The van der Waals surface area contributed by atoms with Gasteiger partial charge in [0.2, 0.25) is 0 Å². The normalized spacial score (nSPS) is 10.2. The fourth-order valence-corrected chi connectivity index (χ4v) is 3.19. The summed E-state index contributed by atoms with van der Waals surface area (Å²) >= 11 is 0. The van der Waals surface area contributed by atoms with Crippen LogP contribution in [0.4, 0.5) is 11.4 Å². The molecule has 0 spiro atoms. The maximum Gasteiger partial charge on any atom is 0.338 e. The van der Waals surface area contributed by atoms with Crippen molar-refractivity contribution < 1.29 is 38.1 Å². The maximum absolute atomic E-state index is 12.3. The summed E-state index contributed by atoms with van der Waals surface area (Å²) in [5, 5.41) is 0. The fourth-order valence-electron chi connectivity index (χ4n) is 3.19. The minimum Gasteiger partial charge on any atom is -0.460 e. The average Bonchev–Trinajstić information content (AvgIpc) is 2.94. The molecule has 2 aromatic carbocycles. The monoisotopic (exact) mass is 552 g/mol. The Labute approximate surface area is 234 Å². The molecule has 0 aromatic heterocycles. The highest BCUT2D eigenvalue weighted by atomic mass is 16.6. The lowest BCUT2D eigenvalue weighted by Gasteiger charge is -2.19. The lowest BCUT2D eigenvalue weighted by Crippen LogP contribution is -2.24. The maximum atomic E-state index is 12.3. The molecule has 0 aliphatic carbocycles. The van der Waals surface area contributed by atoms with Gasteiger partial charge in [0.25, 0.3) is 0 Å². The first-order chi connectivity index (χ1) is 19.0. The number of nitrogens with zero attached hydrogens (tertiary/aromatic N) is 2. The summed E-state index contributed by atoms with van der Waals surface area (Å²) in [6.45, 7) is 11.4. The Balaban J connectivity index is 1.72. The number of rotatable bonds is 15. The number of hydrogen-bond donors (Lipinski definition) is 0. The molecule has 0 fully saturated rings. The summed E-state index contributed by atoms with van der Waals surface area (Å²) in [7, 11) is 3.68. The van der Waals surface area contributed by atoms with Crippen LogP contribution in [0, 0.1) is 0 Å². The SMILES string of the molecule is C=C(C)C(=O)OCCN(C)c1ccc(C(=O)OCCOC(=O)c2ccc(N(C)CCOC(=O)C(=C)C)cc2)cc1. The summed E-state index contributed by atoms with van der Waals surface area (Å²) in [5.41, 5.74) is 3.06. The number of carbonyl (C=O) groups is 4. The summed E-state index contributed by atoms with van der Waals surface area (Å²) in [6, 6.07) is 13.5. The third-order valence-electron chi connectivity index (χ3n) is 5.65. The van der Waals surface area contributed by atoms with E-state index >= 15 is 0 Å². The highest BCUT2D eigenvalue weighted by molar-refractivity contribution is 5.91. The Morgan fingerprint density at radius 1 is 0.575 bits per heavy atom. The van der Waals surface area contributed by atoms with Gasteiger partial charge in [-0.2, -0.15) is 0 Å². The minimum atomic E-state index is -0.540. The zero-order valence-corrected chi connectivity index (χ0v) is 23.4. The van der Waals surface area contributed by atoms with E-state index in [9.17, 15) is 19.2 Å². The van der Waals surface area contributed by atoms with Crippen LogP contribution >= 0.6 is 0 Å². The molecular formula is C30H36N2O8. The van der Waals surface area contributed by atoms with Crippen LogP contribution in [0.5, 0.6) is 0 Å². The van der Waals surface area contributed by atoms with Crippen LogP contribution in [0.3, 0.4) is 0 Å². The largest absolute Gasteiger partial charge is 0.460 e. The molecule has 2 aromatic rings. The highest BCUT2D eigenvalue weighted by Crippen LogP contribution is 2.16. The number of hydrogen-bond acceptors (Lipinski definition) is 10. The van der Waals surface area contributed by atoms with Crippen molar-refractivity contribution in [3.05, 3.63) is 84.0 Å². The second-order valence-electron chi connectivity index (χ2n) is 9.04. The average molecular weight is 553 g/mol. The molecule has 0 bridgehead atoms. The Morgan fingerprint density at radius 3 is 1.20 bits per heavy atom. The molecule has 214 valence electrons. The number of anilines is 2. The van der Waals surface area contributed by atoms with Gasteiger partial charge in [0, 0.05) is 36.6 Å². The number of benzene rings is 2. The molecule has 0 N–H and O–H groups in total. The summed E-state index contributed by atoms with van der Waals surface area (Å²) in [5.74, 6) is -1.95. The van der Waals surface area contributed by atoms with E-state index in [1.165, 1.54) is 0 Å². The second-order valence-corrected chi connectivity index (χ2v) is 9.04. The first kappa shape index (κ1) is 31.6. The molecular weight excluding hydrogens is 516 g/mol. The van der Waals surface area contributed by atoms with Gasteiger partial charge in [-0.3, -0.25) is 0 Å². The standard InChI is InChI=1S/C30H36N2O8/c1-21(2)27(33)37-17-15-31(5)25-11-7-23(8-12-25)29(35)39-19-20-40-30(36)24-9-13-26(14-10-24)32(6)16-18-38-28(34)22(3)4/h7-14H,1,3,15-20H2,2,4-6H3. The Kier molecular flexibility index (Phi) is 12.4. The van der Waals surface area contributed by atoms with Gasteiger partial charge < -0.3 is 28.7 Å². The van der Waals surface area contributed by atoms with E-state index in [2.05, 4.69) is 13.2 Å². The molecule has 0 aliphatic rings. The number of likely N-dealkylation sites (N-methyl/N-ethyl adjacent to an activating group) is 2. The number of ether oxygens (including phenoxy) is 4. The van der Waals surface area contributed by atoms with Gasteiger partial charge in [0.05, 0.1) is 24.2 Å².